The predicted octanol–water partition coefficient (Wildman–Crippen LogP) is 2.92. The fourth-order valence-electron chi connectivity index (χ4n) is 1.89. The van der Waals surface area contributed by atoms with E-state index in [1.54, 1.807) is 0 Å². The molecule has 3 nitrogen and oxygen atoms in total. The van der Waals surface area contributed by atoms with Crippen LogP contribution in [-0.4, -0.2) is 19.8 Å². The number of hydrogen-bond donors (Lipinski definition) is 1. The number of rotatable bonds is 4. The molecule has 0 atom stereocenters. The van der Waals surface area contributed by atoms with E-state index in [9.17, 15) is 12.8 Å². The monoisotopic (exact) mass is 311 g/mol. The second-order valence-corrected chi connectivity index (χ2v) is 6.77. The van der Waals surface area contributed by atoms with Crippen LogP contribution in [0.2, 0.25) is 5.02 Å². The lowest BCUT2D eigenvalue weighted by molar-refractivity contribution is 0.252. The van der Waals surface area contributed by atoms with Crippen molar-refractivity contribution in [1.82, 2.24) is 4.72 Å². The minimum absolute atomic E-state index is 0.00653. The van der Waals surface area contributed by atoms with Gasteiger partial charge in [0.15, 0.2) is 0 Å². The molecule has 100 valence electrons. The van der Waals surface area contributed by atoms with Gasteiger partial charge in [-0.3, -0.25) is 0 Å². The Morgan fingerprint density at radius 2 is 2.06 bits per heavy atom. The van der Waals surface area contributed by atoms with Gasteiger partial charge >= 0.3 is 0 Å². The van der Waals surface area contributed by atoms with Crippen LogP contribution < -0.4 is 4.72 Å². The first kappa shape index (κ1) is 14.1. The van der Waals surface area contributed by atoms with Gasteiger partial charge < -0.3 is 0 Å². The summed E-state index contributed by atoms with van der Waals surface area (Å²) in [6, 6.07) is 3.24. The normalized spacial score (nSPS) is 18.4. The van der Waals surface area contributed by atoms with E-state index in [0.29, 0.717) is 12.8 Å². The van der Waals surface area contributed by atoms with E-state index in [0.717, 1.165) is 18.6 Å². The Kier molecular flexibility index (Phi) is 3.88. The van der Waals surface area contributed by atoms with Gasteiger partial charge in [-0.15, -0.1) is 11.6 Å². The molecule has 0 aliphatic heterocycles. The van der Waals surface area contributed by atoms with E-state index in [4.69, 9.17) is 23.2 Å². The largest absolute Gasteiger partial charge is 0.242 e. The van der Waals surface area contributed by atoms with Crippen LogP contribution in [-0.2, 0) is 10.0 Å². The molecule has 18 heavy (non-hydrogen) atoms. The van der Waals surface area contributed by atoms with Gasteiger partial charge in [0.2, 0.25) is 10.0 Å². The van der Waals surface area contributed by atoms with Gasteiger partial charge in [0.05, 0.1) is 5.02 Å². The first-order valence-corrected chi connectivity index (χ1v) is 7.83. The first-order chi connectivity index (χ1) is 8.38. The van der Waals surface area contributed by atoms with Crippen molar-refractivity contribution < 1.29 is 12.8 Å². The lowest BCUT2D eigenvalue weighted by Crippen LogP contribution is -2.54. The van der Waals surface area contributed by atoms with Crippen LogP contribution in [0.4, 0.5) is 4.39 Å². The molecule has 1 aliphatic carbocycles. The molecule has 1 fully saturated rings. The van der Waals surface area contributed by atoms with Gasteiger partial charge in [0.25, 0.3) is 0 Å². The van der Waals surface area contributed by atoms with E-state index in [2.05, 4.69) is 4.72 Å². The number of hydrogen-bond acceptors (Lipinski definition) is 2. The molecule has 0 saturated heterocycles. The van der Waals surface area contributed by atoms with Crippen LogP contribution in [0.15, 0.2) is 23.1 Å². The molecule has 1 saturated carbocycles. The number of benzene rings is 1. The second-order valence-electron chi connectivity index (χ2n) is 4.45. The minimum atomic E-state index is -3.85. The van der Waals surface area contributed by atoms with Crippen molar-refractivity contribution >= 4 is 33.2 Å². The molecule has 2 rings (SSSR count). The summed E-state index contributed by atoms with van der Waals surface area (Å²) >= 11 is 11.6. The standard InChI is InChI=1S/C11H12Cl2FNO2S/c12-7-11(4-1-5-11)15-18(16,17)10-6-8(14)2-3-9(10)13/h2-3,6,15H,1,4-5,7H2. The fourth-order valence-corrected chi connectivity index (χ4v) is 4.27. The number of nitrogens with one attached hydrogen (secondary N) is 1. The summed E-state index contributed by atoms with van der Waals surface area (Å²) in [5.41, 5.74) is -0.615. The number of sulfonamides is 1. The van der Waals surface area contributed by atoms with Crippen LogP contribution in [0.25, 0.3) is 0 Å². The number of halogens is 3. The molecular weight excluding hydrogens is 300 g/mol. The molecule has 1 aromatic rings. The van der Waals surface area contributed by atoms with Crippen molar-refractivity contribution in [3.05, 3.63) is 29.0 Å². The van der Waals surface area contributed by atoms with Crippen molar-refractivity contribution in [2.75, 3.05) is 5.88 Å². The van der Waals surface area contributed by atoms with Crippen molar-refractivity contribution in [2.45, 2.75) is 29.7 Å². The summed E-state index contributed by atoms with van der Waals surface area (Å²) in [6.07, 6.45) is 2.29. The van der Waals surface area contributed by atoms with Crippen molar-refractivity contribution in [1.29, 1.82) is 0 Å². The molecule has 0 heterocycles. The van der Waals surface area contributed by atoms with Crippen LogP contribution in [0.3, 0.4) is 0 Å². The third kappa shape index (κ3) is 2.64. The van der Waals surface area contributed by atoms with E-state index in [1.165, 1.54) is 6.07 Å². The lowest BCUT2D eigenvalue weighted by Gasteiger charge is -2.40. The molecular formula is C11H12Cl2FNO2S. The molecule has 0 amide bonds. The van der Waals surface area contributed by atoms with E-state index in [-0.39, 0.29) is 15.8 Å². The molecule has 0 bridgehead atoms. The minimum Gasteiger partial charge on any atom is -0.207 e. The Labute approximate surface area is 115 Å². The predicted molar refractivity (Wildman–Crippen MR) is 69.0 cm³/mol. The SMILES string of the molecule is O=S(=O)(NC1(CCl)CCC1)c1cc(F)ccc1Cl. The van der Waals surface area contributed by atoms with Crippen molar-refractivity contribution in [3.8, 4) is 0 Å². The van der Waals surface area contributed by atoms with Gasteiger partial charge in [-0.2, -0.15) is 0 Å². The smallest absolute Gasteiger partial charge is 0.207 e. The topological polar surface area (TPSA) is 46.2 Å². The average Bonchev–Trinajstić information content (AvgIpc) is 2.27. The molecule has 1 aromatic carbocycles. The molecule has 0 spiro atoms. The molecule has 7 heteroatoms. The Balaban J connectivity index is 2.33. The molecule has 0 aromatic heterocycles. The Hall–Kier alpha value is -0.360. The third-order valence-electron chi connectivity index (χ3n) is 3.10. The van der Waals surface area contributed by atoms with Gasteiger partial charge in [-0.05, 0) is 37.5 Å². The van der Waals surface area contributed by atoms with Gasteiger partial charge in [0.1, 0.15) is 10.7 Å². The zero-order chi connectivity index (χ0) is 13.4. The highest BCUT2D eigenvalue weighted by molar-refractivity contribution is 7.89. The van der Waals surface area contributed by atoms with E-state index < -0.39 is 21.4 Å². The first-order valence-electron chi connectivity index (χ1n) is 5.44. The zero-order valence-corrected chi connectivity index (χ0v) is 11.7. The summed E-state index contributed by atoms with van der Waals surface area (Å²) in [6.45, 7) is 0. The molecule has 0 radical (unpaired) electrons. The summed E-state index contributed by atoms with van der Waals surface area (Å²) < 4.78 is 39.9. The molecule has 1 N–H and O–H groups in total. The van der Waals surface area contributed by atoms with Crippen molar-refractivity contribution in [2.24, 2.45) is 0 Å². The summed E-state index contributed by atoms with van der Waals surface area (Å²) in [5, 5.41) is -0.00653. The zero-order valence-electron chi connectivity index (χ0n) is 9.42. The maximum absolute atomic E-state index is 13.1. The van der Waals surface area contributed by atoms with Gasteiger partial charge in [-0.25, -0.2) is 17.5 Å². The average molecular weight is 312 g/mol. The van der Waals surface area contributed by atoms with Crippen molar-refractivity contribution in [3.63, 3.8) is 0 Å². The Morgan fingerprint density at radius 1 is 1.39 bits per heavy atom. The Bertz CT molecular complexity index is 553. The molecule has 0 unspecified atom stereocenters. The Morgan fingerprint density at radius 3 is 2.56 bits per heavy atom. The second kappa shape index (κ2) is 4.96. The highest BCUT2D eigenvalue weighted by atomic mass is 35.5. The lowest BCUT2D eigenvalue weighted by atomic mass is 9.79. The maximum atomic E-state index is 13.1. The third-order valence-corrected chi connectivity index (χ3v) is 5.67. The highest BCUT2D eigenvalue weighted by Gasteiger charge is 2.40. The summed E-state index contributed by atoms with van der Waals surface area (Å²) in [4.78, 5) is -0.249. The summed E-state index contributed by atoms with van der Waals surface area (Å²) in [5.74, 6) is -0.451. The maximum Gasteiger partial charge on any atom is 0.242 e. The van der Waals surface area contributed by atoms with Crippen LogP contribution >= 0.6 is 23.2 Å². The summed E-state index contributed by atoms with van der Waals surface area (Å²) in [7, 11) is -3.85. The van der Waals surface area contributed by atoms with E-state index >= 15 is 0 Å². The fraction of sp³-hybridized carbons (Fsp3) is 0.455. The molecule has 1 aliphatic rings. The van der Waals surface area contributed by atoms with Crippen LogP contribution in [0, 0.1) is 5.82 Å². The van der Waals surface area contributed by atoms with Crippen LogP contribution in [0.1, 0.15) is 19.3 Å². The van der Waals surface area contributed by atoms with Gasteiger partial charge in [-0.1, -0.05) is 11.6 Å². The van der Waals surface area contributed by atoms with E-state index in [1.807, 2.05) is 0 Å². The quantitative estimate of drug-likeness (QED) is 0.869. The van der Waals surface area contributed by atoms with Crippen LogP contribution in [0.5, 0.6) is 0 Å². The van der Waals surface area contributed by atoms with Gasteiger partial charge in [0, 0.05) is 11.4 Å². The highest BCUT2D eigenvalue weighted by Crippen LogP contribution is 2.35. The number of alkyl halides is 1.